The lowest BCUT2D eigenvalue weighted by Gasteiger charge is -2.26. The summed E-state index contributed by atoms with van der Waals surface area (Å²) in [6.45, 7) is 0. The largest absolute Gasteiger partial charge is 0.507 e. The fourth-order valence-corrected chi connectivity index (χ4v) is 4.30. The zero-order valence-corrected chi connectivity index (χ0v) is 18.6. The highest BCUT2D eigenvalue weighted by Gasteiger charge is 2.47. The maximum atomic E-state index is 13.4. The summed E-state index contributed by atoms with van der Waals surface area (Å²) >= 11 is 0. The summed E-state index contributed by atoms with van der Waals surface area (Å²) in [4.78, 5) is 27.2. The molecule has 1 saturated heterocycles. The van der Waals surface area contributed by atoms with Gasteiger partial charge < -0.3 is 9.84 Å². The summed E-state index contributed by atoms with van der Waals surface area (Å²) in [7, 11) is -2.51. The van der Waals surface area contributed by atoms with Crippen LogP contribution in [0.15, 0.2) is 83.3 Å². The summed E-state index contributed by atoms with van der Waals surface area (Å²) in [6.07, 6.45) is 0. The van der Waals surface area contributed by atoms with Crippen molar-refractivity contribution in [3.8, 4) is 5.75 Å². The van der Waals surface area contributed by atoms with E-state index in [1.807, 2.05) is 0 Å². The predicted molar refractivity (Wildman–Crippen MR) is 122 cm³/mol. The molecule has 1 fully saturated rings. The first-order chi connectivity index (χ1) is 16.1. The van der Waals surface area contributed by atoms with Gasteiger partial charge in [0.1, 0.15) is 17.3 Å². The van der Waals surface area contributed by atoms with E-state index >= 15 is 0 Å². The molecule has 3 aromatic rings. The van der Waals surface area contributed by atoms with E-state index in [0.717, 1.165) is 17.0 Å². The molecule has 4 rings (SSSR count). The molecule has 1 atom stereocenters. The molecule has 1 heterocycles. The topological polar surface area (TPSA) is 127 Å². The van der Waals surface area contributed by atoms with E-state index in [4.69, 9.17) is 9.88 Å². The monoisotopic (exact) mass is 482 g/mol. The molecule has 1 aliphatic rings. The van der Waals surface area contributed by atoms with E-state index in [0.29, 0.717) is 11.3 Å². The number of hydrogen-bond donors (Lipinski definition) is 2. The number of sulfonamides is 1. The van der Waals surface area contributed by atoms with Crippen LogP contribution < -0.4 is 14.8 Å². The summed E-state index contributed by atoms with van der Waals surface area (Å²) in [5.41, 5.74) is 0.607. The Morgan fingerprint density at radius 2 is 1.68 bits per heavy atom. The molecular weight excluding hydrogens is 463 g/mol. The van der Waals surface area contributed by atoms with Gasteiger partial charge in [-0.1, -0.05) is 12.1 Å². The summed E-state index contributed by atoms with van der Waals surface area (Å²) < 4.78 is 41.9. The minimum atomic E-state index is -3.97. The number of nitrogens with zero attached hydrogens (tertiary/aromatic N) is 1. The van der Waals surface area contributed by atoms with Gasteiger partial charge in [-0.2, -0.15) is 0 Å². The van der Waals surface area contributed by atoms with Crippen LogP contribution in [-0.2, 0) is 19.6 Å². The van der Waals surface area contributed by atoms with Gasteiger partial charge in [-0.3, -0.25) is 14.5 Å². The number of amides is 1. The highest BCUT2D eigenvalue weighted by molar-refractivity contribution is 7.89. The average molecular weight is 482 g/mol. The molecule has 10 heteroatoms. The number of nitrogens with two attached hydrogens (primary N) is 1. The number of carbonyl (C=O) groups excluding carboxylic acids is 2. The van der Waals surface area contributed by atoms with Gasteiger partial charge in [0.05, 0.1) is 23.6 Å². The molecule has 1 amide bonds. The van der Waals surface area contributed by atoms with Crippen LogP contribution in [0.3, 0.4) is 0 Å². The number of hydrogen-bond acceptors (Lipinski definition) is 6. The molecule has 0 radical (unpaired) electrons. The van der Waals surface area contributed by atoms with Crippen molar-refractivity contribution in [2.24, 2.45) is 5.14 Å². The maximum absolute atomic E-state index is 13.4. The van der Waals surface area contributed by atoms with E-state index in [-0.39, 0.29) is 21.7 Å². The number of methoxy groups -OCH3 is 1. The molecule has 0 saturated carbocycles. The minimum Gasteiger partial charge on any atom is -0.507 e. The normalized spacial score (nSPS) is 17.7. The van der Waals surface area contributed by atoms with E-state index in [1.165, 1.54) is 43.5 Å². The first kappa shape index (κ1) is 23.1. The van der Waals surface area contributed by atoms with Gasteiger partial charge in [-0.25, -0.2) is 17.9 Å². The van der Waals surface area contributed by atoms with Crippen LogP contribution in [0.1, 0.15) is 17.2 Å². The molecule has 1 unspecified atom stereocenters. The number of rotatable bonds is 5. The van der Waals surface area contributed by atoms with Crippen molar-refractivity contribution < 1.29 is 32.2 Å². The van der Waals surface area contributed by atoms with Crippen LogP contribution in [-0.4, -0.2) is 32.3 Å². The molecule has 0 spiro atoms. The highest BCUT2D eigenvalue weighted by Crippen LogP contribution is 2.43. The third kappa shape index (κ3) is 4.16. The van der Waals surface area contributed by atoms with Gasteiger partial charge in [0.25, 0.3) is 11.7 Å². The van der Waals surface area contributed by atoms with E-state index < -0.39 is 39.3 Å². The molecule has 0 aliphatic carbocycles. The molecule has 3 aromatic carbocycles. The van der Waals surface area contributed by atoms with Crippen molar-refractivity contribution >= 4 is 33.2 Å². The smallest absolute Gasteiger partial charge is 0.300 e. The molecule has 0 aromatic heterocycles. The van der Waals surface area contributed by atoms with Gasteiger partial charge in [0, 0.05) is 11.3 Å². The van der Waals surface area contributed by atoms with Crippen LogP contribution in [0.25, 0.3) is 5.76 Å². The third-order valence-corrected chi connectivity index (χ3v) is 6.34. The van der Waals surface area contributed by atoms with Crippen molar-refractivity contribution in [2.75, 3.05) is 12.0 Å². The molecule has 3 N–H and O–H groups in total. The lowest BCUT2D eigenvalue weighted by molar-refractivity contribution is -0.132. The SMILES string of the molecule is COc1cccc(C2/C(=C(\O)c3ccc(F)cc3)C(=O)C(=O)N2c2ccc(S(N)(=O)=O)cc2)c1. The van der Waals surface area contributed by atoms with Crippen LogP contribution in [0, 0.1) is 5.82 Å². The zero-order chi connectivity index (χ0) is 24.6. The number of carbonyl (C=O) groups is 2. The Morgan fingerprint density at radius 1 is 1.03 bits per heavy atom. The Morgan fingerprint density at radius 3 is 2.26 bits per heavy atom. The average Bonchev–Trinajstić information content (AvgIpc) is 3.09. The maximum Gasteiger partial charge on any atom is 0.300 e. The number of primary sulfonamides is 1. The fraction of sp³-hybridized carbons (Fsp3) is 0.0833. The van der Waals surface area contributed by atoms with E-state index in [9.17, 15) is 27.5 Å². The lowest BCUT2D eigenvalue weighted by Crippen LogP contribution is -2.29. The summed E-state index contributed by atoms with van der Waals surface area (Å²) in [5.74, 6) is -2.44. The van der Waals surface area contributed by atoms with Gasteiger partial charge in [-0.15, -0.1) is 0 Å². The number of anilines is 1. The predicted octanol–water partition coefficient (Wildman–Crippen LogP) is 3.11. The Hall–Kier alpha value is -4.02. The quantitative estimate of drug-likeness (QED) is 0.327. The van der Waals surface area contributed by atoms with Crippen LogP contribution >= 0.6 is 0 Å². The number of ether oxygens (including phenoxy) is 1. The van der Waals surface area contributed by atoms with E-state index in [2.05, 4.69) is 0 Å². The first-order valence-electron chi connectivity index (χ1n) is 9.95. The second-order valence-electron chi connectivity index (χ2n) is 7.49. The third-order valence-electron chi connectivity index (χ3n) is 5.42. The number of aliphatic hydroxyl groups is 1. The number of Topliss-reactive ketones (excluding diaryl/α,β-unsaturated/α-hetero) is 1. The van der Waals surface area contributed by atoms with Gasteiger partial charge in [0.15, 0.2) is 0 Å². The second kappa shape index (κ2) is 8.73. The number of halogens is 1. The number of benzene rings is 3. The lowest BCUT2D eigenvalue weighted by atomic mass is 9.95. The molecule has 8 nitrogen and oxygen atoms in total. The Balaban J connectivity index is 1.93. The zero-order valence-electron chi connectivity index (χ0n) is 17.8. The van der Waals surface area contributed by atoms with Crippen LogP contribution in [0.4, 0.5) is 10.1 Å². The number of aliphatic hydroxyl groups excluding tert-OH is 1. The molecular formula is C24H19FN2O6S. The number of ketones is 1. The molecule has 174 valence electrons. The van der Waals surface area contributed by atoms with Gasteiger partial charge in [0.2, 0.25) is 10.0 Å². The first-order valence-corrected chi connectivity index (χ1v) is 11.5. The van der Waals surface area contributed by atoms with E-state index in [1.54, 1.807) is 24.3 Å². The Labute approximate surface area is 194 Å². The van der Waals surface area contributed by atoms with Crippen LogP contribution in [0.5, 0.6) is 5.75 Å². The fourth-order valence-electron chi connectivity index (χ4n) is 3.79. The van der Waals surface area contributed by atoms with Gasteiger partial charge >= 0.3 is 0 Å². The Kier molecular flexibility index (Phi) is 5.94. The summed E-state index contributed by atoms with van der Waals surface area (Å²) in [6, 6.07) is 15.5. The molecule has 34 heavy (non-hydrogen) atoms. The van der Waals surface area contributed by atoms with Crippen LogP contribution in [0.2, 0.25) is 0 Å². The van der Waals surface area contributed by atoms with Crippen molar-refractivity contribution in [2.45, 2.75) is 10.9 Å². The minimum absolute atomic E-state index is 0.150. The molecule has 1 aliphatic heterocycles. The second-order valence-corrected chi connectivity index (χ2v) is 9.05. The van der Waals surface area contributed by atoms with Crippen molar-refractivity contribution in [1.29, 1.82) is 0 Å². The molecule has 0 bridgehead atoms. The standard InChI is InChI=1S/C24H19FN2O6S/c1-33-18-4-2-3-15(13-18)21-20(22(28)14-5-7-16(25)8-6-14)23(29)24(30)27(21)17-9-11-19(12-10-17)34(26,31)32/h2-13,21,28H,1H3,(H2,26,31,32)/b22-20+. The van der Waals surface area contributed by atoms with Crippen molar-refractivity contribution in [1.82, 2.24) is 0 Å². The Bertz CT molecular complexity index is 1420. The van der Waals surface area contributed by atoms with Gasteiger partial charge in [-0.05, 0) is 66.2 Å². The summed E-state index contributed by atoms with van der Waals surface area (Å²) in [5, 5.41) is 16.2. The van der Waals surface area contributed by atoms with Crippen molar-refractivity contribution in [3.63, 3.8) is 0 Å². The van der Waals surface area contributed by atoms with Crippen molar-refractivity contribution in [3.05, 3.63) is 95.3 Å². The highest BCUT2D eigenvalue weighted by atomic mass is 32.2.